The molecule has 21 heavy (non-hydrogen) atoms. The number of fused-ring (bicyclic) bond motifs is 2. The highest BCUT2D eigenvalue weighted by atomic mass is 32.2. The van der Waals surface area contributed by atoms with Crippen LogP contribution in [0.4, 0.5) is 4.79 Å². The molecule has 0 heterocycles. The zero-order valence-electron chi connectivity index (χ0n) is 12.9. The maximum atomic E-state index is 12.2. The van der Waals surface area contributed by atoms with Crippen LogP contribution in [-0.4, -0.2) is 53.6 Å². The summed E-state index contributed by atoms with van der Waals surface area (Å²) in [5.41, 5.74) is 0. The predicted molar refractivity (Wildman–Crippen MR) is 84.5 cm³/mol. The van der Waals surface area contributed by atoms with Crippen LogP contribution in [0.2, 0.25) is 0 Å². The fourth-order valence-electron chi connectivity index (χ4n) is 3.79. The summed E-state index contributed by atoms with van der Waals surface area (Å²) >= 11 is 1.59. The normalized spacial score (nSPS) is 28.4. The van der Waals surface area contributed by atoms with Gasteiger partial charge in [-0.25, -0.2) is 9.59 Å². The number of nitrogens with zero attached hydrogens (tertiary/aromatic N) is 1. The van der Waals surface area contributed by atoms with Crippen molar-refractivity contribution in [1.82, 2.24) is 10.2 Å². The molecule has 0 radical (unpaired) electrons. The number of hydrogen-bond acceptors (Lipinski definition) is 3. The second-order valence-electron chi connectivity index (χ2n) is 6.44. The zero-order chi connectivity index (χ0) is 15.4. The number of carboxylic acids is 1. The third-order valence-electron chi connectivity index (χ3n) is 4.95. The minimum absolute atomic E-state index is 0.258. The number of rotatable bonds is 7. The molecule has 0 saturated heterocycles. The Hall–Kier alpha value is -0.910. The van der Waals surface area contributed by atoms with Crippen molar-refractivity contribution in [2.24, 2.45) is 17.8 Å². The summed E-state index contributed by atoms with van der Waals surface area (Å²) in [6.07, 6.45) is 7.61. The van der Waals surface area contributed by atoms with E-state index in [0.29, 0.717) is 12.3 Å². The fourth-order valence-corrected chi connectivity index (χ4v) is 4.26. The molecule has 2 fully saturated rings. The first-order valence-corrected chi connectivity index (χ1v) is 9.14. The molecule has 0 aromatic heterocycles. The molecule has 5 nitrogen and oxygen atoms in total. The van der Waals surface area contributed by atoms with E-state index in [-0.39, 0.29) is 6.03 Å². The van der Waals surface area contributed by atoms with Crippen LogP contribution in [-0.2, 0) is 4.79 Å². The average molecular weight is 314 g/mol. The van der Waals surface area contributed by atoms with Crippen molar-refractivity contribution >= 4 is 23.8 Å². The van der Waals surface area contributed by atoms with Crippen LogP contribution >= 0.6 is 11.8 Å². The summed E-state index contributed by atoms with van der Waals surface area (Å²) in [6.45, 7) is 0.752. The molecular weight excluding hydrogens is 288 g/mol. The monoisotopic (exact) mass is 314 g/mol. The SMILES string of the molecule is CSCCC(NC(=O)N(C)CC1CC2CCC1C2)C(=O)O. The molecule has 0 aromatic carbocycles. The fraction of sp³-hybridized carbons (Fsp3) is 0.867. The molecule has 4 unspecified atom stereocenters. The van der Waals surface area contributed by atoms with Gasteiger partial charge < -0.3 is 15.3 Å². The lowest BCUT2D eigenvalue weighted by molar-refractivity contribution is -0.139. The van der Waals surface area contributed by atoms with Crippen molar-refractivity contribution in [1.29, 1.82) is 0 Å². The molecule has 2 N–H and O–H groups in total. The molecule has 2 amide bonds. The van der Waals surface area contributed by atoms with Crippen LogP contribution in [0.3, 0.4) is 0 Å². The predicted octanol–water partition coefficient (Wildman–Crippen LogP) is 2.27. The largest absolute Gasteiger partial charge is 0.480 e. The highest BCUT2D eigenvalue weighted by molar-refractivity contribution is 7.98. The number of carboxylic acid groups (broad SMARTS) is 1. The summed E-state index contributed by atoms with van der Waals surface area (Å²) in [5.74, 6) is 2.02. The van der Waals surface area contributed by atoms with Gasteiger partial charge in [0.15, 0.2) is 0 Å². The van der Waals surface area contributed by atoms with Gasteiger partial charge in [-0.2, -0.15) is 11.8 Å². The molecular formula is C15H26N2O3S. The molecule has 0 aromatic rings. The van der Waals surface area contributed by atoms with E-state index in [0.717, 1.165) is 24.1 Å². The lowest BCUT2D eigenvalue weighted by Gasteiger charge is -2.28. The molecule has 2 aliphatic carbocycles. The number of amides is 2. The quantitative estimate of drug-likeness (QED) is 0.756. The third kappa shape index (κ3) is 4.28. The highest BCUT2D eigenvalue weighted by Gasteiger charge is 2.40. The summed E-state index contributed by atoms with van der Waals surface area (Å²) < 4.78 is 0. The van der Waals surface area contributed by atoms with Gasteiger partial charge in [-0.05, 0) is 55.4 Å². The van der Waals surface area contributed by atoms with E-state index >= 15 is 0 Å². The van der Waals surface area contributed by atoms with Crippen molar-refractivity contribution < 1.29 is 14.7 Å². The van der Waals surface area contributed by atoms with E-state index in [1.165, 1.54) is 25.7 Å². The Bertz CT molecular complexity index is 391. The van der Waals surface area contributed by atoms with Gasteiger partial charge in [0.05, 0.1) is 0 Å². The minimum atomic E-state index is -0.953. The van der Waals surface area contributed by atoms with Gasteiger partial charge in [-0.15, -0.1) is 0 Å². The van der Waals surface area contributed by atoms with Crippen LogP contribution in [0.1, 0.15) is 32.1 Å². The first-order chi connectivity index (χ1) is 10.0. The summed E-state index contributed by atoms with van der Waals surface area (Å²) in [6, 6.07) is -1.04. The number of aliphatic carboxylic acids is 1. The number of carbonyl (C=O) groups excluding carboxylic acids is 1. The van der Waals surface area contributed by atoms with Crippen molar-refractivity contribution in [3.05, 3.63) is 0 Å². The lowest BCUT2D eigenvalue weighted by Crippen LogP contribution is -2.48. The van der Waals surface area contributed by atoms with Crippen molar-refractivity contribution in [2.45, 2.75) is 38.1 Å². The van der Waals surface area contributed by atoms with E-state index in [1.807, 2.05) is 6.26 Å². The van der Waals surface area contributed by atoms with Gasteiger partial charge in [-0.1, -0.05) is 6.42 Å². The zero-order valence-corrected chi connectivity index (χ0v) is 13.7. The van der Waals surface area contributed by atoms with Crippen LogP contribution in [0.15, 0.2) is 0 Å². The molecule has 2 saturated carbocycles. The van der Waals surface area contributed by atoms with E-state index in [4.69, 9.17) is 5.11 Å². The second-order valence-corrected chi connectivity index (χ2v) is 7.42. The van der Waals surface area contributed by atoms with Gasteiger partial charge in [0.25, 0.3) is 0 Å². The standard InChI is InChI=1S/C15H26N2O3S/c1-17(9-12-8-10-3-4-11(12)7-10)15(20)16-13(14(18)19)5-6-21-2/h10-13H,3-9H2,1-2H3,(H,16,20)(H,18,19). The Morgan fingerprint density at radius 2 is 2.14 bits per heavy atom. The molecule has 0 aliphatic heterocycles. The van der Waals surface area contributed by atoms with Gasteiger partial charge in [0.1, 0.15) is 6.04 Å². The van der Waals surface area contributed by atoms with E-state index in [1.54, 1.807) is 23.7 Å². The first-order valence-electron chi connectivity index (χ1n) is 7.74. The van der Waals surface area contributed by atoms with E-state index < -0.39 is 12.0 Å². The van der Waals surface area contributed by atoms with Crippen molar-refractivity contribution in [3.63, 3.8) is 0 Å². The number of carbonyl (C=O) groups is 2. The summed E-state index contributed by atoms with van der Waals surface area (Å²) in [4.78, 5) is 25.0. The van der Waals surface area contributed by atoms with Crippen molar-refractivity contribution in [2.75, 3.05) is 25.6 Å². The molecule has 2 rings (SSSR count). The maximum Gasteiger partial charge on any atom is 0.326 e. The number of thioether (sulfide) groups is 1. The van der Waals surface area contributed by atoms with Crippen LogP contribution in [0.5, 0.6) is 0 Å². The highest BCUT2D eigenvalue weighted by Crippen LogP contribution is 2.48. The van der Waals surface area contributed by atoms with E-state index in [9.17, 15) is 9.59 Å². The molecule has 6 heteroatoms. The molecule has 2 aliphatic rings. The Morgan fingerprint density at radius 1 is 1.38 bits per heavy atom. The minimum Gasteiger partial charge on any atom is -0.480 e. The Balaban J connectivity index is 1.79. The van der Waals surface area contributed by atoms with Crippen molar-refractivity contribution in [3.8, 4) is 0 Å². The van der Waals surface area contributed by atoms with Gasteiger partial charge in [0.2, 0.25) is 0 Å². The first kappa shape index (κ1) is 16.5. The second kappa shape index (κ2) is 7.38. The van der Waals surface area contributed by atoms with Crippen LogP contribution in [0.25, 0.3) is 0 Å². The average Bonchev–Trinajstić information content (AvgIpc) is 3.05. The molecule has 120 valence electrons. The van der Waals surface area contributed by atoms with E-state index in [2.05, 4.69) is 5.32 Å². The number of nitrogens with one attached hydrogen (secondary N) is 1. The van der Waals surface area contributed by atoms with Crippen LogP contribution < -0.4 is 5.32 Å². The lowest BCUT2D eigenvalue weighted by atomic mass is 9.88. The number of hydrogen-bond donors (Lipinski definition) is 2. The molecule has 2 bridgehead atoms. The van der Waals surface area contributed by atoms with Gasteiger partial charge in [0, 0.05) is 13.6 Å². The van der Waals surface area contributed by atoms with Gasteiger partial charge in [-0.3, -0.25) is 0 Å². The number of urea groups is 1. The topological polar surface area (TPSA) is 69.6 Å². The maximum absolute atomic E-state index is 12.2. The third-order valence-corrected chi connectivity index (χ3v) is 5.59. The Morgan fingerprint density at radius 3 is 2.67 bits per heavy atom. The Kier molecular flexibility index (Phi) is 5.79. The molecule has 0 spiro atoms. The smallest absolute Gasteiger partial charge is 0.326 e. The molecule has 4 atom stereocenters. The van der Waals surface area contributed by atoms with Gasteiger partial charge >= 0.3 is 12.0 Å². The summed E-state index contributed by atoms with van der Waals surface area (Å²) in [7, 11) is 1.77. The van der Waals surface area contributed by atoms with Crippen LogP contribution in [0, 0.1) is 17.8 Å². The Labute approximate surface area is 130 Å². The summed E-state index contributed by atoms with van der Waals surface area (Å²) in [5, 5.41) is 11.8.